The molecule has 0 unspecified atom stereocenters. The van der Waals surface area contributed by atoms with Crippen LogP contribution in [0.2, 0.25) is 0 Å². The Morgan fingerprint density at radius 2 is 2.12 bits per heavy atom. The van der Waals surface area contributed by atoms with Crippen LogP contribution in [0, 0.1) is 0 Å². The Labute approximate surface area is 97.8 Å². The normalized spacial score (nSPS) is 14.2. The SMILES string of the molecule is CC(=O)N1OC=CC=C1c1ccc(O)cc1O. The van der Waals surface area contributed by atoms with Crippen LogP contribution in [0.3, 0.4) is 0 Å². The number of hydrogen-bond donors (Lipinski definition) is 2. The number of phenolic OH excluding ortho intramolecular Hbond substituents is 2. The highest BCUT2D eigenvalue weighted by molar-refractivity contribution is 5.86. The van der Waals surface area contributed by atoms with Gasteiger partial charge in [-0.3, -0.25) is 4.79 Å². The highest BCUT2D eigenvalue weighted by Crippen LogP contribution is 2.32. The van der Waals surface area contributed by atoms with Gasteiger partial charge in [0.1, 0.15) is 17.8 Å². The lowest BCUT2D eigenvalue weighted by atomic mass is 10.1. The lowest BCUT2D eigenvalue weighted by Crippen LogP contribution is -2.26. The largest absolute Gasteiger partial charge is 0.508 e. The van der Waals surface area contributed by atoms with Crippen molar-refractivity contribution >= 4 is 11.6 Å². The molecule has 2 N–H and O–H groups in total. The molecule has 5 heteroatoms. The van der Waals surface area contributed by atoms with Gasteiger partial charge in [-0.1, -0.05) is 0 Å². The zero-order valence-corrected chi connectivity index (χ0v) is 9.12. The first-order valence-corrected chi connectivity index (χ1v) is 4.96. The van der Waals surface area contributed by atoms with Gasteiger partial charge < -0.3 is 15.1 Å². The van der Waals surface area contributed by atoms with E-state index < -0.39 is 0 Å². The van der Waals surface area contributed by atoms with Gasteiger partial charge in [0.25, 0.3) is 5.91 Å². The number of nitrogens with zero attached hydrogens (tertiary/aromatic N) is 1. The maximum absolute atomic E-state index is 11.4. The second-order valence-corrected chi connectivity index (χ2v) is 3.50. The van der Waals surface area contributed by atoms with Crippen molar-refractivity contribution in [1.29, 1.82) is 0 Å². The molecule has 0 saturated heterocycles. The van der Waals surface area contributed by atoms with Crippen molar-refractivity contribution in [3.8, 4) is 11.5 Å². The van der Waals surface area contributed by atoms with Gasteiger partial charge in [0.05, 0.1) is 5.70 Å². The minimum Gasteiger partial charge on any atom is -0.508 e. The molecule has 2 rings (SSSR count). The molecule has 1 aliphatic heterocycles. The first-order chi connectivity index (χ1) is 8.09. The van der Waals surface area contributed by atoms with Gasteiger partial charge in [-0.15, -0.1) is 5.06 Å². The first-order valence-electron chi connectivity index (χ1n) is 4.96. The zero-order valence-electron chi connectivity index (χ0n) is 9.12. The van der Waals surface area contributed by atoms with Crippen LogP contribution < -0.4 is 0 Å². The summed E-state index contributed by atoms with van der Waals surface area (Å²) in [4.78, 5) is 16.4. The van der Waals surface area contributed by atoms with Crippen molar-refractivity contribution < 1.29 is 19.8 Å². The standard InChI is InChI=1S/C12H11NO4/c1-8(14)13-11(3-2-6-17-13)10-5-4-9(15)7-12(10)16/h2-7,15-16H,1H3. The Hall–Kier alpha value is -2.43. The lowest BCUT2D eigenvalue weighted by molar-refractivity contribution is -0.150. The summed E-state index contributed by atoms with van der Waals surface area (Å²) in [5, 5.41) is 20.0. The predicted molar refractivity (Wildman–Crippen MR) is 60.5 cm³/mol. The number of amides is 1. The molecule has 1 amide bonds. The van der Waals surface area contributed by atoms with Gasteiger partial charge in [-0.25, -0.2) is 0 Å². The summed E-state index contributed by atoms with van der Waals surface area (Å²) in [5.41, 5.74) is 0.819. The molecular weight excluding hydrogens is 222 g/mol. The number of carbonyl (C=O) groups excluding carboxylic acids is 1. The maximum Gasteiger partial charge on any atom is 0.256 e. The minimum atomic E-state index is -0.312. The molecule has 0 saturated carbocycles. The van der Waals surface area contributed by atoms with E-state index in [1.54, 1.807) is 12.2 Å². The van der Waals surface area contributed by atoms with Crippen LogP contribution in [-0.4, -0.2) is 21.2 Å². The van der Waals surface area contributed by atoms with Crippen LogP contribution >= 0.6 is 0 Å². The predicted octanol–water partition coefficient (Wildman–Crippen LogP) is 1.75. The second kappa shape index (κ2) is 4.21. The van der Waals surface area contributed by atoms with E-state index in [-0.39, 0.29) is 17.4 Å². The fourth-order valence-electron chi connectivity index (χ4n) is 1.53. The van der Waals surface area contributed by atoms with E-state index in [1.807, 2.05) is 0 Å². The molecule has 1 aromatic rings. The van der Waals surface area contributed by atoms with Crippen molar-refractivity contribution in [3.05, 3.63) is 42.2 Å². The molecule has 0 fully saturated rings. The van der Waals surface area contributed by atoms with Crippen LogP contribution in [0.5, 0.6) is 11.5 Å². The van der Waals surface area contributed by atoms with Crippen molar-refractivity contribution in [2.75, 3.05) is 0 Å². The Kier molecular flexibility index (Phi) is 2.74. The smallest absolute Gasteiger partial charge is 0.256 e. The number of phenols is 2. The quantitative estimate of drug-likeness (QED) is 0.775. The minimum absolute atomic E-state index is 0.0477. The third-order valence-corrected chi connectivity index (χ3v) is 2.26. The van der Waals surface area contributed by atoms with Crippen molar-refractivity contribution in [2.24, 2.45) is 0 Å². The lowest BCUT2D eigenvalue weighted by Gasteiger charge is -2.24. The summed E-state index contributed by atoms with van der Waals surface area (Å²) in [6.45, 7) is 1.35. The molecule has 0 bridgehead atoms. The fourth-order valence-corrected chi connectivity index (χ4v) is 1.53. The monoisotopic (exact) mass is 233 g/mol. The Morgan fingerprint density at radius 3 is 2.76 bits per heavy atom. The molecule has 0 aliphatic carbocycles. The van der Waals surface area contributed by atoms with E-state index in [0.717, 1.165) is 5.06 Å². The van der Waals surface area contributed by atoms with Gasteiger partial charge in [0, 0.05) is 18.6 Å². The van der Waals surface area contributed by atoms with E-state index in [2.05, 4.69) is 0 Å². The average molecular weight is 233 g/mol. The van der Waals surface area contributed by atoms with Gasteiger partial charge in [0.2, 0.25) is 0 Å². The van der Waals surface area contributed by atoms with E-state index in [1.165, 1.54) is 31.4 Å². The molecule has 0 spiro atoms. The number of hydrogen-bond acceptors (Lipinski definition) is 4. The number of rotatable bonds is 1. The van der Waals surface area contributed by atoms with E-state index in [0.29, 0.717) is 11.3 Å². The summed E-state index contributed by atoms with van der Waals surface area (Å²) in [7, 11) is 0. The number of hydroxylamine groups is 2. The van der Waals surface area contributed by atoms with Crippen LogP contribution in [0.15, 0.2) is 36.6 Å². The molecule has 0 atom stereocenters. The van der Waals surface area contributed by atoms with E-state index in [4.69, 9.17) is 4.84 Å². The molecule has 0 radical (unpaired) electrons. The van der Waals surface area contributed by atoms with Gasteiger partial charge in [-0.05, 0) is 24.3 Å². The Morgan fingerprint density at radius 1 is 1.35 bits per heavy atom. The van der Waals surface area contributed by atoms with Crippen molar-refractivity contribution in [2.45, 2.75) is 6.92 Å². The molecule has 5 nitrogen and oxygen atoms in total. The second-order valence-electron chi connectivity index (χ2n) is 3.50. The van der Waals surface area contributed by atoms with E-state index >= 15 is 0 Å². The number of aromatic hydroxyl groups is 2. The van der Waals surface area contributed by atoms with E-state index in [9.17, 15) is 15.0 Å². The van der Waals surface area contributed by atoms with Crippen molar-refractivity contribution in [1.82, 2.24) is 5.06 Å². The highest BCUT2D eigenvalue weighted by atomic mass is 16.7. The zero-order chi connectivity index (χ0) is 12.4. The Bertz CT molecular complexity index is 519. The third-order valence-electron chi connectivity index (χ3n) is 2.26. The van der Waals surface area contributed by atoms with Crippen molar-refractivity contribution in [3.63, 3.8) is 0 Å². The number of benzene rings is 1. The van der Waals surface area contributed by atoms with Crippen LogP contribution in [0.4, 0.5) is 0 Å². The summed E-state index contributed by atoms with van der Waals surface area (Å²) < 4.78 is 0. The number of allylic oxidation sites excluding steroid dienone is 2. The number of carbonyl (C=O) groups is 1. The maximum atomic E-state index is 11.4. The van der Waals surface area contributed by atoms with Crippen LogP contribution in [0.25, 0.3) is 5.70 Å². The topological polar surface area (TPSA) is 70.0 Å². The highest BCUT2D eigenvalue weighted by Gasteiger charge is 2.21. The third kappa shape index (κ3) is 2.08. The van der Waals surface area contributed by atoms with Gasteiger partial charge in [-0.2, -0.15) is 0 Å². The molecule has 0 aromatic heterocycles. The summed E-state index contributed by atoms with van der Waals surface area (Å²) in [6, 6.07) is 4.13. The first kappa shape index (κ1) is 11.1. The van der Waals surface area contributed by atoms with Crippen LogP contribution in [-0.2, 0) is 9.63 Å². The molecule has 1 aliphatic rings. The summed E-state index contributed by atoms with van der Waals surface area (Å²) in [6.07, 6.45) is 4.61. The summed E-state index contributed by atoms with van der Waals surface area (Å²) >= 11 is 0. The Balaban J connectivity index is 2.47. The summed E-state index contributed by atoms with van der Waals surface area (Å²) in [5.74, 6) is -0.483. The van der Waals surface area contributed by atoms with Crippen LogP contribution in [0.1, 0.15) is 12.5 Å². The fraction of sp³-hybridized carbons (Fsp3) is 0.0833. The molecule has 1 aromatic carbocycles. The average Bonchev–Trinajstić information content (AvgIpc) is 2.29. The molecular formula is C12H11NO4. The van der Waals surface area contributed by atoms with Gasteiger partial charge >= 0.3 is 0 Å². The van der Waals surface area contributed by atoms with Gasteiger partial charge in [0.15, 0.2) is 0 Å². The molecule has 1 heterocycles. The molecule has 17 heavy (non-hydrogen) atoms. The molecule has 88 valence electrons.